The van der Waals surface area contributed by atoms with E-state index in [1.807, 2.05) is 48.5 Å². The molecule has 0 radical (unpaired) electrons. The molecule has 0 saturated carbocycles. The second-order valence-corrected chi connectivity index (χ2v) is 10.9. The minimum atomic E-state index is 0.267. The van der Waals surface area contributed by atoms with E-state index in [-0.39, 0.29) is 11.5 Å². The fourth-order valence-electron chi connectivity index (χ4n) is 5.96. The Morgan fingerprint density at radius 2 is 0.524 bits per heavy atom. The lowest BCUT2D eigenvalue weighted by molar-refractivity contribution is 0.473. The second-order valence-electron chi connectivity index (χ2n) is 10.9. The number of benzene rings is 6. The molecule has 0 fully saturated rings. The van der Waals surface area contributed by atoms with Crippen LogP contribution < -0.4 is 0 Å². The molecular formula is C40H34O2. The van der Waals surface area contributed by atoms with Crippen LogP contribution in [0.25, 0.3) is 11.1 Å². The Kier molecular flexibility index (Phi) is 8.14. The normalized spacial score (nSPS) is 11.0. The zero-order valence-electron chi connectivity index (χ0n) is 23.6. The standard InChI is InChI=1S/C40H34O2/c41-37-25-33(21-29-13-5-1-6-14-29)39(34(26-37)22-30-15-7-2-8-16-30)40-35(23-31-17-9-3-10-18-31)27-38(42)28-36(40)24-32-19-11-4-12-20-32/h1-20,25-28,41-42H,21-24H2. The first-order valence-corrected chi connectivity index (χ1v) is 14.5. The average Bonchev–Trinajstić information content (AvgIpc) is 3.00. The third kappa shape index (κ3) is 6.45. The molecule has 0 bridgehead atoms. The Hall–Kier alpha value is -5.08. The molecule has 206 valence electrons. The van der Waals surface area contributed by atoms with Crippen LogP contribution in [0.5, 0.6) is 11.5 Å². The van der Waals surface area contributed by atoms with Gasteiger partial charge in [-0.3, -0.25) is 0 Å². The zero-order chi connectivity index (χ0) is 28.7. The van der Waals surface area contributed by atoms with Crippen LogP contribution in [-0.2, 0) is 25.7 Å². The second kappa shape index (κ2) is 12.6. The molecule has 0 saturated heterocycles. The van der Waals surface area contributed by atoms with Gasteiger partial charge in [0.1, 0.15) is 11.5 Å². The monoisotopic (exact) mass is 546 g/mol. The van der Waals surface area contributed by atoms with Gasteiger partial charge in [0.2, 0.25) is 0 Å². The Bertz CT molecular complexity index is 1500. The van der Waals surface area contributed by atoms with Gasteiger partial charge in [-0.25, -0.2) is 0 Å². The lowest BCUT2D eigenvalue weighted by atomic mass is 9.81. The molecule has 2 heteroatoms. The average molecular weight is 547 g/mol. The van der Waals surface area contributed by atoms with Crippen LogP contribution in [0.2, 0.25) is 0 Å². The molecule has 2 nitrogen and oxygen atoms in total. The van der Waals surface area contributed by atoms with Crippen molar-refractivity contribution in [3.63, 3.8) is 0 Å². The zero-order valence-corrected chi connectivity index (χ0v) is 23.6. The van der Waals surface area contributed by atoms with E-state index < -0.39 is 0 Å². The van der Waals surface area contributed by atoms with Gasteiger partial charge in [0.25, 0.3) is 0 Å². The summed E-state index contributed by atoms with van der Waals surface area (Å²) in [4.78, 5) is 0. The fraction of sp³-hybridized carbons (Fsp3) is 0.100. The van der Waals surface area contributed by atoms with Gasteiger partial charge in [-0.15, -0.1) is 0 Å². The number of rotatable bonds is 9. The topological polar surface area (TPSA) is 40.5 Å². The summed E-state index contributed by atoms with van der Waals surface area (Å²) >= 11 is 0. The molecule has 6 aromatic rings. The van der Waals surface area contributed by atoms with E-state index in [1.54, 1.807) is 0 Å². The van der Waals surface area contributed by atoms with Crippen LogP contribution in [0, 0.1) is 0 Å². The lowest BCUT2D eigenvalue weighted by Crippen LogP contribution is -2.05. The van der Waals surface area contributed by atoms with Crippen molar-refractivity contribution in [2.24, 2.45) is 0 Å². The molecule has 0 aliphatic heterocycles. The Balaban J connectivity index is 1.61. The maximum Gasteiger partial charge on any atom is 0.116 e. The molecular weight excluding hydrogens is 512 g/mol. The van der Waals surface area contributed by atoms with Crippen molar-refractivity contribution < 1.29 is 10.2 Å². The van der Waals surface area contributed by atoms with Gasteiger partial charge in [-0.2, -0.15) is 0 Å². The van der Waals surface area contributed by atoms with Crippen LogP contribution in [-0.4, -0.2) is 10.2 Å². The highest BCUT2D eigenvalue weighted by atomic mass is 16.3. The summed E-state index contributed by atoms with van der Waals surface area (Å²) in [5, 5.41) is 22.1. The van der Waals surface area contributed by atoms with Gasteiger partial charge in [0.15, 0.2) is 0 Å². The molecule has 0 aliphatic rings. The van der Waals surface area contributed by atoms with Crippen LogP contribution >= 0.6 is 0 Å². The number of phenols is 2. The Morgan fingerprint density at radius 3 is 0.738 bits per heavy atom. The van der Waals surface area contributed by atoms with E-state index in [0.717, 1.165) is 33.4 Å². The van der Waals surface area contributed by atoms with Crippen LogP contribution in [0.1, 0.15) is 44.5 Å². The van der Waals surface area contributed by atoms with E-state index >= 15 is 0 Å². The van der Waals surface area contributed by atoms with Crippen LogP contribution in [0.15, 0.2) is 146 Å². The molecule has 0 atom stereocenters. The molecule has 0 spiro atoms. The molecule has 0 unspecified atom stereocenters. The smallest absolute Gasteiger partial charge is 0.116 e. The molecule has 0 heterocycles. The third-order valence-electron chi connectivity index (χ3n) is 7.77. The van der Waals surface area contributed by atoms with Crippen molar-refractivity contribution in [1.29, 1.82) is 0 Å². The quantitative estimate of drug-likeness (QED) is 0.190. The molecule has 42 heavy (non-hydrogen) atoms. The van der Waals surface area contributed by atoms with E-state index in [0.29, 0.717) is 25.7 Å². The van der Waals surface area contributed by atoms with Crippen molar-refractivity contribution in [3.8, 4) is 22.6 Å². The Labute approximate surface area is 248 Å². The van der Waals surface area contributed by atoms with Gasteiger partial charge >= 0.3 is 0 Å². The summed E-state index contributed by atoms with van der Waals surface area (Å²) in [5.41, 5.74) is 11.3. The molecule has 0 aromatic heterocycles. The van der Waals surface area contributed by atoms with Crippen LogP contribution in [0.3, 0.4) is 0 Å². The van der Waals surface area contributed by atoms with Gasteiger partial charge in [-0.05, 0) is 106 Å². The highest BCUT2D eigenvalue weighted by Gasteiger charge is 2.21. The van der Waals surface area contributed by atoms with E-state index in [4.69, 9.17) is 0 Å². The molecule has 2 N–H and O–H groups in total. The van der Waals surface area contributed by atoms with Gasteiger partial charge in [0, 0.05) is 0 Å². The maximum atomic E-state index is 11.0. The number of phenolic OH excluding ortho intramolecular Hbond substituents is 2. The molecule has 0 aliphatic carbocycles. The first kappa shape index (κ1) is 27.1. The van der Waals surface area contributed by atoms with Gasteiger partial charge < -0.3 is 10.2 Å². The molecule has 6 aromatic carbocycles. The minimum Gasteiger partial charge on any atom is -0.508 e. The summed E-state index contributed by atoms with van der Waals surface area (Å²) in [7, 11) is 0. The summed E-state index contributed by atoms with van der Waals surface area (Å²) < 4.78 is 0. The van der Waals surface area contributed by atoms with Crippen molar-refractivity contribution in [3.05, 3.63) is 190 Å². The largest absolute Gasteiger partial charge is 0.508 e. The summed E-state index contributed by atoms with van der Waals surface area (Å²) in [6, 6.07) is 49.4. The van der Waals surface area contributed by atoms with Crippen molar-refractivity contribution in [2.75, 3.05) is 0 Å². The van der Waals surface area contributed by atoms with Crippen molar-refractivity contribution in [1.82, 2.24) is 0 Å². The predicted molar refractivity (Wildman–Crippen MR) is 172 cm³/mol. The minimum absolute atomic E-state index is 0.267. The maximum absolute atomic E-state index is 11.0. The summed E-state index contributed by atoms with van der Waals surface area (Å²) in [6.07, 6.45) is 2.73. The summed E-state index contributed by atoms with van der Waals surface area (Å²) in [5.74, 6) is 0.534. The van der Waals surface area contributed by atoms with Gasteiger partial charge in [0.05, 0.1) is 0 Å². The van der Waals surface area contributed by atoms with Gasteiger partial charge in [-0.1, -0.05) is 121 Å². The van der Waals surface area contributed by atoms with E-state index in [1.165, 1.54) is 22.3 Å². The highest BCUT2D eigenvalue weighted by molar-refractivity contribution is 5.80. The summed E-state index contributed by atoms with van der Waals surface area (Å²) in [6.45, 7) is 0. The number of hydrogen-bond donors (Lipinski definition) is 2. The van der Waals surface area contributed by atoms with E-state index in [9.17, 15) is 10.2 Å². The number of hydrogen-bond acceptors (Lipinski definition) is 2. The predicted octanol–water partition coefficient (Wildman–Crippen LogP) is 9.13. The first-order valence-electron chi connectivity index (χ1n) is 14.5. The molecule has 0 amide bonds. The van der Waals surface area contributed by atoms with Crippen molar-refractivity contribution >= 4 is 0 Å². The Morgan fingerprint density at radius 1 is 0.310 bits per heavy atom. The SMILES string of the molecule is Oc1cc(Cc2ccccc2)c(-c2c(Cc3ccccc3)cc(O)cc2Cc2ccccc2)c(Cc2ccccc2)c1. The number of aromatic hydroxyl groups is 2. The van der Waals surface area contributed by atoms with E-state index in [2.05, 4.69) is 97.1 Å². The fourth-order valence-corrected chi connectivity index (χ4v) is 5.96. The lowest BCUT2D eigenvalue weighted by Gasteiger charge is -2.23. The third-order valence-corrected chi connectivity index (χ3v) is 7.77. The molecule has 6 rings (SSSR count). The highest BCUT2D eigenvalue weighted by Crippen LogP contribution is 2.41. The van der Waals surface area contributed by atoms with Crippen LogP contribution in [0.4, 0.5) is 0 Å². The first-order chi connectivity index (χ1) is 20.6. The van der Waals surface area contributed by atoms with Crippen molar-refractivity contribution in [2.45, 2.75) is 25.7 Å².